The Morgan fingerprint density at radius 1 is 1.30 bits per heavy atom. The van der Waals surface area contributed by atoms with Gasteiger partial charge in [0.2, 0.25) is 15.9 Å². The molecule has 1 aromatic heterocycles. The van der Waals surface area contributed by atoms with Crippen molar-refractivity contribution < 1.29 is 22.7 Å². The molecular weight excluding hydrogens is 446 g/mol. The lowest BCUT2D eigenvalue weighted by molar-refractivity contribution is -0.116. The first-order valence-corrected chi connectivity index (χ1v) is 12.1. The summed E-state index contributed by atoms with van der Waals surface area (Å²) in [5.41, 5.74) is 2.68. The van der Waals surface area contributed by atoms with E-state index in [0.717, 1.165) is 27.9 Å². The molecule has 1 fully saturated rings. The second-order valence-electron chi connectivity index (χ2n) is 8.32. The minimum Gasteiger partial charge on any atom is -0.490 e. The minimum atomic E-state index is -3.92. The third kappa shape index (κ3) is 4.03. The summed E-state index contributed by atoms with van der Waals surface area (Å²) in [6.45, 7) is 4.16. The first-order valence-electron chi connectivity index (χ1n) is 10.6. The van der Waals surface area contributed by atoms with Gasteiger partial charge in [-0.2, -0.15) is 9.40 Å². The number of ether oxygens (including phenoxy) is 2. The maximum absolute atomic E-state index is 13.2. The maximum Gasteiger partial charge on any atom is 0.245 e. The second kappa shape index (κ2) is 8.32. The van der Waals surface area contributed by atoms with E-state index >= 15 is 0 Å². The Morgan fingerprint density at radius 3 is 2.88 bits per heavy atom. The molecule has 3 heterocycles. The van der Waals surface area contributed by atoms with Gasteiger partial charge in [0.05, 0.1) is 49.7 Å². The number of benzene rings is 2. The minimum absolute atomic E-state index is 0.0922. The van der Waals surface area contributed by atoms with Gasteiger partial charge in [-0.15, -0.1) is 0 Å². The van der Waals surface area contributed by atoms with Gasteiger partial charge in [-0.1, -0.05) is 0 Å². The number of aryl methyl sites for hydroxylation is 1. The zero-order valence-corrected chi connectivity index (χ0v) is 19.2. The van der Waals surface area contributed by atoms with Gasteiger partial charge >= 0.3 is 0 Å². The standard InChI is InChI=1S/C22H25N5O5S/c1-14-7-15-10-23-25-22(15)20(8-14)33(29,30)26(2)11-21(28)24-16-3-4-19-18(9-16)27(5-6-32-19)17-12-31-13-17/h3-4,7-10,17H,5-6,11-13H2,1-2H3,(H,23,25)(H,24,28). The summed E-state index contributed by atoms with van der Waals surface area (Å²) in [5, 5.41) is 10.2. The monoisotopic (exact) mass is 471 g/mol. The molecule has 1 saturated heterocycles. The van der Waals surface area contributed by atoms with E-state index in [1.165, 1.54) is 7.05 Å². The topological polar surface area (TPSA) is 117 Å². The van der Waals surface area contributed by atoms with Gasteiger partial charge in [-0.25, -0.2) is 8.42 Å². The number of anilines is 2. The van der Waals surface area contributed by atoms with Crippen molar-refractivity contribution in [2.75, 3.05) is 50.2 Å². The van der Waals surface area contributed by atoms with Crippen LogP contribution in [0.5, 0.6) is 5.75 Å². The fraction of sp³-hybridized carbons (Fsp3) is 0.364. The van der Waals surface area contributed by atoms with Gasteiger partial charge in [-0.05, 0) is 42.8 Å². The van der Waals surface area contributed by atoms with E-state index in [2.05, 4.69) is 20.4 Å². The number of rotatable bonds is 6. The molecule has 5 rings (SSSR count). The highest BCUT2D eigenvalue weighted by atomic mass is 32.2. The number of aromatic nitrogens is 2. The molecule has 1 amide bonds. The number of carbonyl (C=O) groups excluding carboxylic acids is 1. The third-order valence-electron chi connectivity index (χ3n) is 5.91. The highest BCUT2D eigenvalue weighted by molar-refractivity contribution is 7.89. The SMILES string of the molecule is Cc1cc(S(=O)(=O)N(C)CC(=O)Nc2ccc3c(c2)N(C2COC2)CCO3)c2[nH]ncc2c1. The van der Waals surface area contributed by atoms with Crippen LogP contribution >= 0.6 is 0 Å². The van der Waals surface area contributed by atoms with Gasteiger partial charge in [0.25, 0.3) is 0 Å². The molecule has 0 saturated carbocycles. The van der Waals surface area contributed by atoms with Gasteiger partial charge in [0.15, 0.2) is 0 Å². The lowest BCUT2D eigenvalue weighted by atomic mass is 10.1. The number of carbonyl (C=O) groups is 1. The highest BCUT2D eigenvalue weighted by Crippen LogP contribution is 2.36. The zero-order valence-electron chi connectivity index (χ0n) is 18.4. The Kier molecular flexibility index (Phi) is 5.47. The van der Waals surface area contributed by atoms with Crippen LogP contribution in [0.2, 0.25) is 0 Å². The Hall–Kier alpha value is -3.15. The van der Waals surface area contributed by atoms with Crippen LogP contribution in [0, 0.1) is 6.92 Å². The number of hydrogen-bond acceptors (Lipinski definition) is 7. The quantitative estimate of drug-likeness (QED) is 0.562. The van der Waals surface area contributed by atoms with E-state index in [9.17, 15) is 13.2 Å². The molecule has 2 N–H and O–H groups in total. The predicted octanol–water partition coefficient (Wildman–Crippen LogP) is 1.73. The van der Waals surface area contributed by atoms with Gasteiger partial charge in [0, 0.05) is 18.1 Å². The molecule has 174 valence electrons. The first-order chi connectivity index (χ1) is 15.8. The van der Waals surface area contributed by atoms with Crippen LogP contribution in [0.4, 0.5) is 11.4 Å². The number of amides is 1. The van der Waals surface area contributed by atoms with Crippen LogP contribution in [0.1, 0.15) is 5.56 Å². The average Bonchev–Trinajstić information content (AvgIpc) is 3.20. The van der Waals surface area contributed by atoms with Crippen molar-refractivity contribution in [3.05, 3.63) is 42.1 Å². The van der Waals surface area contributed by atoms with Crippen molar-refractivity contribution in [3.63, 3.8) is 0 Å². The van der Waals surface area contributed by atoms with E-state index in [4.69, 9.17) is 9.47 Å². The number of hydrogen-bond donors (Lipinski definition) is 2. The highest BCUT2D eigenvalue weighted by Gasteiger charge is 2.31. The number of sulfonamides is 1. The van der Waals surface area contributed by atoms with Crippen molar-refractivity contribution in [2.45, 2.75) is 17.9 Å². The fourth-order valence-electron chi connectivity index (χ4n) is 4.13. The summed E-state index contributed by atoms with van der Waals surface area (Å²) in [6, 6.07) is 9.15. The normalized spacial score (nSPS) is 16.4. The molecule has 10 nitrogen and oxygen atoms in total. The van der Waals surface area contributed by atoms with Crippen molar-refractivity contribution >= 4 is 38.2 Å². The molecule has 0 radical (unpaired) electrons. The van der Waals surface area contributed by atoms with Crippen molar-refractivity contribution in [3.8, 4) is 5.75 Å². The van der Waals surface area contributed by atoms with Crippen LogP contribution in [-0.4, -0.2) is 74.8 Å². The molecule has 3 aromatic rings. The molecule has 0 aliphatic carbocycles. The summed E-state index contributed by atoms with van der Waals surface area (Å²) >= 11 is 0. The van der Waals surface area contributed by atoms with E-state index < -0.39 is 15.9 Å². The van der Waals surface area contributed by atoms with Crippen LogP contribution in [0.15, 0.2) is 41.4 Å². The van der Waals surface area contributed by atoms with Crippen LogP contribution in [0.3, 0.4) is 0 Å². The summed E-state index contributed by atoms with van der Waals surface area (Å²) in [5.74, 6) is 0.318. The molecule has 2 aliphatic rings. The van der Waals surface area contributed by atoms with Crippen LogP contribution in [-0.2, 0) is 19.6 Å². The predicted molar refractivity (Wildman–Crippen MR) is 123 cm³/mol. The molecule has 2 aliphatic heterocycles. The van der Waals surface area contributed by atoms with E-state index in [-0.39, 0.29) is 11.4 Å². The van der Waals surface area contributed by atoms with Crippen molar-refractivity contribution in [2.24, 2.45) is 0 Å². The molecule has 2 aromatic carbocycles. The van der Waals surface area contributed by atoms with Crippen LogP contribution in [0.25, 0.3) is 10.9 Å². The number of nitrogens with zero attached hydrogens (tertiary/aromatic N) is 3. The van der Waals surface area contributed by atoms with Gasteiger partial charge in [-0.3, -0.25) is 9.89 Å². The molecule has 0 spiro atoms. The van der Waals surface area contributed by atoms with E-state index in [1.54, 1.807) is 18.3 Å². The Balaban J connectivity index is 1.32. The first kappa shape index (κ1) is 21.7. The number of H-pyrrole nitrogens is 1. The largest absolute Gasteiger partial charge is 0.490 e. The van der Waals surface area contributed by atoms with Gasteiger partial charge < -0.3 is 19.7 Å². The second-order valence-corrected chi connectivity index (χ2v) is 10.3. The Labute approximate surface area is 191 Å². The molecule has 0 unspecified atom stereocenters. The zero-order chi connectivity index (χ0) is 23.2. The third-order valence-corrected chi connectivity index (χ3v) is 7.74. The summed E-state index contributed by atoms with van der Waals surface area (Å²) in [6.07, 6.45) is 1.58. The summed E-state index contributed by atoms with van der Waals surface area (Å²) < 4.78 is 38.5. The molecule has 11 heteroatoms. The molecule has 0 atom stereocenters. The van der Waals surface area contributed by atoms with E-state index in [1.807, 2.05) is 25.1 Å². The summed E-state index contributed by atoms with van der Waals surface area (Å²) in [4.78, 5) is 15.0. The number of fused-ring (bicyclic) bond motifs is 2. The Morgan fingerprint density at radius 2 is 2.12 bits per heavy atom. The molecule has 33 heavy (non-hydrogen) atoms. The maximum atomic E-state index is 13.2. The number of likely N-dealkylation sites (N-methyl/N-ethyl adjacent to an activating group) is 1. The molecular formula is C22H25N5O5S. The van der Waals surface area contributed by atoms with Gasteiger partial charge in [0.1, 0.15) is 17.3 Å². The summed E-state index contributed by atoms with van der Waals surface area (Å²) in [7, 11) is -2.53. The number of aromatic amines is 1. The fourth-order valence-corrected chi connectivity index (χ4v) is 5.50. The smallest absolute Gasteiger partial charge is 0.245 e. The molecule has 0 bridgehead atoms. The Bertz CT molecular complexity index is 1320. The van der Waals surface area contributed by atoms with Crippen LogP contribution < -0.4 is 15.0 Å². The number of nitrogens with one attached hydrogen (secondary N) is 2. The lowest BCUT2D eigenvalue weighted by Crippen LogP contribution is -2.52. The van der Waals surface area contributed by atoms with E-state index in [0.29, 0.717) is 42.5 Å². The van der Waals surface area contributed by atoms with Crippen molar-refractivity contribution in [1.29, 1.82) is 0 Å². The van der Waals surface area contributed by atoms with Crippen molar-refractivity contribution in [1.82, 2.24) is 14.5 Å². The average molecular weight is 472 g/mol. The lowest BCUT2D eigenvalue weighted by Gasteiger charge is -2.41.